The minimum atomic E-state index is 0.0694. The summed E-state index contributed by atoms with van der Waals surface area (Å²) in [5, 5.41) is 4.86. The minimum absolute atomic E-state index is 0.0694. The molecule has 0 unspecified atom stereocenters. The molecule has 0 saturated heterocycles. The molecule has 2 aromatic carbocycles. The van der Waals surface area contributed by atoms with Gasteiger partial charge in [0.1, 0.15) is 7.05 Å². The van der Waals surface area contributed by atoms with E-state index in [4.69, 9.17) is 4.42 Å². The van der Waals surface area contributed by atoms with Gasteiger partial charge in [0.15, 0.2) is 11.8 Å². The zero-order valence-corrected chi connectivity index (χ0v) is 20.4. The summed E-state index contributed by atoms with van der Waals surface area (Å²) < 4.78 is 8.87. The number of hydrogen-bond acceptors (Lipinski definition) is 2. The van der Waals surface area contributed by atoms with Crippen LogP contribution >= 0.6 is 0 Å². The quantitative estimate of drug-likeness (QED) is 0.259. The van der Waals surface area contributed by atoms with Gasteiger partial charge in [0, 0.05) is 23.0 Å². The summed E-state index contributed by atoms with van der Waals surface area (Å²) in [5.74, 6) is 0. The Morgan fingerprint density at radius 1 is 0.879 bits per heavy atom. The average molecular weight is 436 g/mol. The summed E-state index contributed by atoms with van der Waals surface area (Å²) in [6, 6.07) is 15.1. The molecule has 0 fully saturated rings. The van der Waals surface area contributed by atoms with E-state index >= 15 is 0 Å². The normalized spacial score (nSPS) is 17.0. The summed E-state index contributed by atoms with van der Waals surface area (Å²) in [6.45, 7) is 11.9. The van der Waals surface area contributed by atoms with Crippen molar-refractivity contribution in [3.63, 3.8) is 0 Å². The van der Waals surface area contributed by atoms with Gasteiger partial charge in [-0.25, -0.2) is 9.55 Å². The maximum atomic E-state index is 6.63. The third-order valence-corrected chi connectivity index (χ3v) is 7.96. The monoisotopic (exact) mass is 435 g/mol. The van der Waals surface area contributed by atoms with Gasteiger partial charge < -0.3 is 4.42 Å². The van der Waals surface area contributed by atoms with Crippen molar-refractivity contribution in [3.8, 4) is 11.3 Å². The minimum Gasteiger partial charge on any atom is -0.437 e. The smallest absolute Gasteiger partial charge is 0.227 e. The lowest BCUT2D eigenvalue weighted by atomic mass is 9.60. The number of pyridine rings is 2. The lowest BCUT2D eigenvalue weighted by molar-refractivity contribution is -0.659. The number of aromatic nitrogens is 2. The third kappa shape index (κ3) is 2.75. The second-order valence-electron chi connectivity index (χ2n) is 11.0. The van der Waals surface area contributed by atoms with E-state index in [2.05, 4.69) is 93.8 Å². The number of benzene rings is 2. The molecule has 3 aromatic heterocycles. The second-order valence-corrected chi connectivity index (χ2v) is 11.0. The number of furan rings is 1. The zero-order chi connectivity index (χ0) is 23.1. The SMILES string of the molecule is Cc1c2c(c3c(oc4ncccc43)c1-c1c3ccccc3cc[n+]1C)C(C)(C)CCC2(C)C. The van der Waals surface area contributed by atoms with E-state index in [9.17, 15) is 0 Å². The highest BCUT2D eigenvalue weighted by Gasteiger charge is 2.42. The summed E-state index contributed by atoms with van der Waals surface area (Å²) in [7, 11) is 2.14. The molecule has 0 amide bonds. The first-order valence-corrected chi connectivity index (χ1v) is 11.9. The number of rotatable bonds is 1. The summed E-state index contributed by atoms with van der Waals surface area (Å²) in [6.07, 6.45) is 6.33. The van der Waals surface area contributed by atoms with Crippen molar-refractivity contribution in [2.24, 2.45) is 7.05 Å². The topological polar surface area (TPSA) is 29.9 Å². The Morgan fingerprint density at radius 3 is 2.36 bits per heavy atom. The van der Waals surface area contributed by atoms with Crippen molar-refractivity contribution >= 4 is 32.8 Å². The van der Waals surface area contributed by atoms with Crippen LogP contribution in [0.1, 0.15) is 57.2 Å². The molecule has 33 heavy (non-hydrogen) atoms. The van der Waals surface area contributed by atoms with Crippen molar-refractivity contribution in [3.05, 3.63) is 71.5 Å². The molecule has 5 aromatic rings. The molecule has 3 nitrogen and oxygen atoms in total. The van der Waals surface area contributed by atoms with Crippen LogP contribution in [-0.2, 0) is 17.9 Å². The van der Waals surface area contributed by atoms with E-state index in [0.29, 0.717) is 0 Å². The standard InChI is InChI=1S/C30H31N2O/c1-18-22(26-20-11-8-7-10-19(20)13-17-32(26)6)27-23(21-12-9-16-31-28(21)33-27)25-24(18)29(2,3)14-15-30(25,4)5/h7-13,16-17H,14-15H2,1-6H3/q+1. The van der Waals surface area contributed by atoms with Crippen molar-refractivity contribution in [1.29, 1.82) is 0 Å². The molecule has 3 heterocycles. The van der Waals surface area contributed by atoms with Gasteiger partial charge in [-0.1, -0.05) is 45.9 Å². The van der Waals surface area contributed by atoms with Crippen LogP contribution in [0.25, 0.3) is 44.1 Å². The van der Waals surface area contributed by atoms with Gasteiger partial charge in [-0.2, -0.15) is 0 Å². The Morgan fingerprint density at radius 2 is 1.58 bits per heavy atom. The number of nitrogens with zero attached hydrogens (tertiary/aromatic N) is 2. The predicted octanol–water partition coefficient (Wildman–Crippen LogP) is 7.28. The average Bonchev–Trinajstić information content (AvgIpc) is 3.16. The van der Waals surface area contributed by atoms with Gasteiger partial charge in [-0.15, -0.1) is 0 Å². The lowest BCUT2D eigenvalue weighted by Crippen LogP contribution is -2.36. The maximum absolute atomic E-state index is 6.63. The van der Waals surface area contributed by atoms with E-state index in [1.54, 1.807) is 0 Å². The Kier molecular flexibility index (Phi) is 4.12. The molecule has 3 heteroatoms. The van der Waals surface area contributed by atoms with Crippen LogP contribution in [-0.4, -0.2) is 4.98 Å². The van der Waals surface area contributed by atoms with Crippen molar-refractivity contribution in [2.75, 3.05) is 0 Å². The zero-order valence-electron chi connectivity index (χ0n) is 20.4. The summed E-state index contributed by atoms with van der Waals surface area (Å²) in [5.41, 5.74) is 8.53. The van der Waals surface area contributed by atoms with Crippen molar-refractivity contribution in [2.45, 2.75) is 58.3 Å². The summed E-state index contributed by atoms with van der Waals surface area (Å²) >= 11 is 0. The van der Waals surface area contributed by atoms with Gasteiger partial charge in [0.25, 0.3) is 0 Å². The number of hydrogen-bond donors (Lipinski definition) is 0. The van der Waals surface area contributed by atoms with Gasteiger partial charge in [0.2, 0.25) is 11.4 Å². The van der Waals surface area contributed by atoms with Gasteiger partial charge in [-0.05, 0) is 70.9 Å². The highest BCUT2D eigenvalue weighted by Crippen LogP contribution is 2.54. The van der Waals surface area contributed by atoms with Crippen LogP contribution in [0.3, 0.4) is 0 Å². The molecule has 1 aliphatic carbocycles. The lowest BCUT2D eigenvalue weighted by Gasteiger charge is -2.43. The molecule has 0 aliphatic heterocycles. The highest BCUT2D eigenvalue weighted by atomic mass is 16.3. The molecule has 0 saturated carbocycles. The Hall–Kier alpha value is -3.20. The van der Waals surface area contributed by atoms with Crippen LogP contribution < -0.4 is 4.57 Å². The maximum Gasteiger partial charge on any atom is 0.227 e. The molecule has 6 rings (SSSR count). The largest absolute Gasteiger partial charge is 0.437 e. The fourth-order valence-corrected chi connectivity index (χ4v) is 6.27. The van der Waals surface area contributed by atoms with E-state index in [0.717, 1.165) is 23.1 Å². The molecule has 166 valence electrons. The Bertz CT molecular complexity index is 1590. The first-order chi connectivity index (χ1) is 15.7. The first kappa shape index (κ1) is 20.4. The molecule has 1 aliphatic rings. The fourth-order valence-electron chi connectivity index (χ4n) is 6.27. The van der Waals surface area contributed by atoms with Crippen molar-refractivity contribution < 1.29 is 8.98 Å². The van der Waals surface area contributed by atoms with Crippen LogP contribution in [0.2, 0.25) is 0 Å². The van der Waals surface area contributed by atoms with Crippen LogP contribution in [0.5, 0.6) is 0 Å². The predicted molar refractivity (Wildman–Crippen MR) is 136 cm³/mol. The van der Waals surface area contributed by atoms with Gasteiger partial charge >= 0.3 is 0 Å². The molecule has 0 radical (unpaired) electrons. The number of aryl methyl sites for hydroxylation is 1. The second kappa shape index (κ2) is 6.66. The number of fused-ring (bicyclic) bond motifs is 6. The fraction of sp³-hybridized carbons (Fsp3) is 0.333. The van der Waals surface area contributed by atoms with Gasteiger partial charge in [0.05, 0.1) is 10.9 Å². The van der Waals surface area contributed by atoms with Gasteiger partial charge in [-0.3, -0.25) is 0 Å². The summed E-state index contributed by atoms with van der Waals surface area (Å²) in [4.78, 5) is 4.63. The van der Waals surface area contributed by atoms with Crippen LogP contribution in [0.15, 0.2) is 59.3 Å². The molecule has 0 spiro atoms. The molecule has 0 bridgehead atoms. The first-order valence-electron chi connectivity index (χ1n) is 11.9. The van der Waals surface area contributed by atoms with E-state index < -0.39 is 0 Å². The molecular formula is C30H31N2O+. The van der Waals surface area contributed by atoms with Crippen LogP contribution in [0, 0.1) is 6.92 Å². The molecule has 0 atom stereocenters. The Balaban J connectivity index is 1.92. The Labute approximate surface area is 195 Å². The molecular weight excluding hydrogens is 404 g/mol. The molecule has 0 N–H and O–H groups in total. The van der Waals surface area contributed by atoms with E-state index in [1.807, 2.05) is 12.3 Å². The third-order valence-electron chi connectivity index (χ3n) is 7.96. The van der Waals surface area contributed by atoms with E-state index in [1.165, 1.54) is 50.5 Å². The van der Waals surface area contributed by atoms with E-state index in [-0.39, 0.29) is 10.8 Å². The van der Waals surface area contributed by atoms with Crippen LogP contribution in [0.4, 0.5) is 0 Å². The highest BCUT2D eigenvalue weighted by molar-refractivity contribution is 6.13. The van der Waals surface area contributed by atoms with Crippen molar-refractivity contribution in [1.82, 2.24) is 4.98 Å².